The third kappa shape index (κ3) is 5.88. The molecule has 2 fully saturated rings. The maximum Gasteiger partial charge on any atom is 0.257 e. The van der Waals surface area contributed by atoms with Gasteiger partial charge in [-0.3, -0.25) is 9.69 Å². The molecule has 2 heterocycles. The summed E-state index contributed by atoms with van der Waals surface area (Å²) in [5.41, 5.74) is 2.73. The second-order valence-corrected chi connectivity index (χ2v) is 12.4. The minimum absolute atomic E-state index is 0.0971. The SMILES string of the molecule is COc1ccc(S(=O)(=O)N2CCC(C)CC2)cc1C(=O)N1CCN(C(c2ccccc2)c2ccccc2)CC1. The molecule has 0 saturated carbocycles. The van der Waals surface area contributed by atoms with E-state index in [4.69, 9.17) is 4.74 Å². The van der Waals surface area contributed by atoms with Crippen LogP contribution in [0.1, 0.15) is 47.3 Å². The quantitative estimate of drug-likeness (QED) is 0.430. The number of carbonyl (C=O) groups is 1. The Balaban J connectivity index is 1.34. The lowest BCUT2D eigenvalue weighted by molar-refractivity contribution is 0.0594. The van der Waals surface area contributed by atoms with Crippen LogP contribution in [0, 0.1) is 5.92 Å². The van der Waals surface area contributed by atoms with Gasteiger partial charge in [0.25, 0.3) is 5.91 Å². The maximum atomic E-state index is 13.7. The van der Waals surface area contributed by atoms with Gasteiger partial charge in [-0.1, -0.05) is 67.6 Å². The number of hydrogen-bond acceptors (Lipinski definition) is 5. The number of benzene rings is 3. The first-order chi connectivity index (χ1) is 18.9. The van der Waals surface area contributed by atoms with Gasteiger partial charge in [-0.2, -0.15) is 4.31 Å². The first-order valence-corrected chi connectivity index (χ1v) is 15.1. The van der Waals surface area contributed by atoms with E-state index in [9.17, 15) is 13.2 Å². The van der Waals surface area contributed by atoms with E-state index < -0.39 is 10.0 Å². The topological polar surface area (TPSA) is 70.2 Å². The summed E-state index contributed by atoms with van der Waals surface area (Å²) in [6, 6.07) is 25.6. The molecule has 8 heteroatoms. The largest absolute Gasteiger partial charge is 0.496 e. The Morgan fingerprint density at radius 1 is 0.821 bits per heavy atom. The zero-order valence-electron chi connectivity index (χ0n) is 22.7. The molecule has 0 radical (unpaired) electrons. The standard InChI is InChI=1S/C31H37N3O4S/c1-24-15-17-34(18-16-24)39(36,37)27-13-14-29(38-2)28(23-27)31(35)33-21-19-32(20-22-33)30(25-9-5-3-6-10-25)26-11-7-4-8-12-26/h3-14,23-24,30H,15-22H2,1-2H3. The molecular formula is C31H37N3O4S. The lowest BCUT2D eigenvalue weighted by Crippen LogP contribution is -2.50. The number of piperidine rings is 1. The van der Waals surface area contributed by atoms with Crippen LogP contribution in [0.2, 0.25) is 0 Å². The van der Waals surface area contributed by atoms with Crippen LogP contribution >= 0.6 is 0 Å². The second kappa shape index (κ2) is 11.9. The van der Waals surface area contributed by atoms with Gasteiger partial charge in [0.05, 0.1) is 23.6 Å². The molecule has 2 aliphatic rings. The normalized spacial score (nSPS) is 17.9. The first-order valence-electron chi connectivity index (χ1n) is 13.7. The van der Waals surface area contributed by atoms with Crippen molar-refractivity contribution in [1.29, 1.82) is 0 Å². The zero-order chi connectivity index (χ0) is 27.4. The van der Waals surface area contributed by atoms with Crippen molar-refractivity contribution in [2.24, 2.45) is 5.92 Å². The van der Waals surface area contributed by atoms with Gasteiger partial charge >= 0.3 is 0 Å². The Kier molecular flexibility index (Phi) is 8.35. The van der Waals surface area contributed by atoms with Gasteiger partial charge in [0.2, 0.25) is 10.0 Å². The summed E-state index contributed by atoms with van der Waals surface area (Å²) >= 11 is 0. The highest BCUT2D eigenvalue weighted by molar-refractivity contribution is 7.89. The molecule has 0 aromatic heterocycles. The molecule has 2 saturated heterocycles. The molecule has 3 aromatic carbocycles. The van der Waals surface area contributed by atoms with E-state index >= 15 is 0 Å². The van der Waals surface area contributed by atoms with Gasteiger partial charge in [-0.05, 0) is 48.1 Å². The lowest BCUT2D eigenvalue weighted by atomic mass is 9.96. The van der Waals surface area contributed by atoms with Crippen LogP contribution in [-0.4, -0.2) is 74.8 Å². The van der Waals surface area contributed by atoms with Crippen LogP contribution in [0.25, 0.3) is 0 Å². The number of hydrogen-bond donors (Lipinski definition) is 0. The van der Waals surface area contributed by atoms with Crippen LogP contribution in [0.4, 0.5) is 0 Å². The molecule has 1 amide bonds. The Morgan fingerprint density at radius 2 is 1.38 bits per heavy atom. The molecule has 0 unspecified atom stereocenters. The molecule has 7 nitrogen and oxygen atoms in total. The predicted molar refractivity (Wildman–Crippen MR) is 152 cm³/mol. The number of methoxy groups -OCH3 is 1. The van der Waals surface area contributed by atoms with Crippen molar-refractivity contribution in [3.63, 3.8) is 0 Å². The van der Waals surface area contributed by atoms with Crippen LogP contribution in [-0.2, 0) is 10.0 Å². The van der Waals surface area contributed by atoms with Crippen molar-refractivity contribution in [1.82, 2.24) is 14.1 Å². The smallest absolute Gasteiger partial charge is 0.257 e. The minimum Gasteiger partial charge on any atom is -0.496 e. The van der Waals surface area contributed by atoms with Crippen molar-refractivity contribution in [2.45, 2.75) is 30.7 Å². The molecule has 0 spiro atoms. The van der Waals surface area contributed by atoms with Crippen molar-refractivity contribution < 1.29 is 17.9 Å². The molecule has 3 aromatic rings. The summed E-state index contributed by atoms with van der Waals surface area (Å²) in [6.07, 6.45) is 1.69. The van der Waals surface area contributed by atoms with Gasteiger partial charge < -0.3 is 9.64 Å². The fourth-order valence-electron chi connectivity index (χ4n) is 5.63. The number of carbonyl (C=O) groups excluding carboxylic acids is 1. The third-order valence-electron chi connectivity index (χ3n) is 7.98. The number of nitrogens with zero attached hydrogens (tertiary/aromatic N) is 3. The summed E-state index contributed by atoms with van der Waals surface area (Å²) < 4.78 is 33.8. The lowest BCUT2D eigenvalue weighted by Gasteiger charge is -2.40. The van der Waals surface area contributed by atoms with Crippen LogP contribution in [0.15, 0.2) is 83.8 Å². The molecule has 39 heavy (non-hydrogen) atoms. The van der Waals surface area contributed by atoms with Gasteiger partial charge in [0.15, 0.2) is 0 Å². The van der Waals surface area contributed by atoms with E-state index in [0.29, 0.717) is 56.5 Å². The average molecular weight is 548 g/mol. The highest BCUT2D eigenvalue weighted by Crippen LogP contribution is 2.31. The van der Waals surface area contributed by atoms with E-state index in [1.807, 2.05) is 12.1 Å². The molecule has 0 atom stereocenters. The molecule has 2 aliphatic heterocycles. The minimum atomic E-state index is -3.68. The van der Waals surface area contributed by atoms with E-state index in [1.165, 1.54) is 28.6 Å². The first kappa shape index (κ1) is 27.4. The Bertz CT molecular complexity index is 1330. The Labute approximate surface area is 232 Å². The van der Waals surface area contributed by atoms with Crippen LogP contribution < -0.4 is 4.74 Å². The van der Waals surface area contributed by atoms with Crippen molar-refractivity contribution in [2.75, 3.05) is 46.4 Å². The van der Waals surface area contributed by atoms with Crippen molar-refractivity contribution in [3.05, 3.63) is 95.6 Å². The Hall–Kier alpha value is -3.20. The summed E-state index contributed by atoms with van der Waals surface area (Å²) in [4.78, 5) is 18.1. The highest BCUT2D eigenvalue weighted by Gasteiger charge is 2.32. The number of rotatable bonds is 7. The fraction of sp³-hybridized carbons (Fsp3) is 0.387. The molecule has 206 valence electrons. The van der Waals surface area contributed by atoms with Crippen molar-refractivity contribution in [3.8, 4) is 5.75 Å². The predicted octanol–water partition coefficient (Wildman–Crippen LogP) is 4.66. The number of ether oxygens (including phenoxy) is 1. The zero-order valence-corrected chi connectivity index (χ0v) is 23.5. The molecule has 5 rings (SSSR count). The van der Waals surface area contributed by atoms with E-state index in [0.717, 1.165) is 12.8 Å². The average Bonchev–Trinajstić information content (AvgIpc) is 2.98. The molecule has 0 aliphatic carbocycles. The third-order valence-corrected chi connectivity index (χ3v) is 9.87. The highest BCUT2D eigenvalue weighted by atomic mass is 32.2. The van der Waals surface area contributed by atoms with Gasteiger partial charge in [0, 0.05) is 39.3 Å². The summed E-state index contributed by atoms with van der Waals surface area (Å²) in [6.45, 7) is 5.64. The Morgan fingerprint density at radius 3 is 1.92 bits per heavy atom. The maximum absolute atomic E-state index is 13.7. The molecule has 0 N–H and O–H groups in total. The van der Waals surface area contributed by atoms with Crippen LogP contribution in [0.3, 0.4) is 0 Å². The summed E-state index contributed by atoms with van der Waals surface area (Å²) in [7, 11) is -2.17. The number of piperazine rings is 1. The second-order valence-electron chi connectivity index (χ2n) is 10.5. The van der Waals surface area contributed by atoms with E-state index in [-0.39, 0.29) is 16.8 Å². The molecule has 0 bridgehead atoms. The van der Waals surface area contributed by atoms with E-state index in [1.54, 1.807) is 17.0 Å². The van der Waals surface area contributed by atoms with E-state index in [2.05, 4.69) is 60.4 Å². The number of sulfonamides is 1. The number of amides is 1. The van der Waals surface area contributed by atoms with Gasteiger partial charge in [0.1, 0.15) is 5.75 Å². The van der Waals surface area contributed by atoms with Gasteiger partial charge in [-0.15, -0.1) is 0 Å². The monoisotopic (exact) mass is 547 g/mol. The summed E-state index contributed by atoms with van der Waals surface area (Å²) in [5, 5.41) is 0. The molecular weight excluding hydrogens is 510 g/mol. The van der Waals surface area contributed by atoms with Gasteiger partial charge in [-0.25, -0.2) is 8.42 Å². The van der Waals surface area contributed by atoms with Crippen LogP contribution in [0.5, 0.6) is 5.75 Å². The van der Waals surface area contributed by atoms with Crippen molar-refractivity contribution >= 4 is 15.9 Å². The summed E-state index contributed by atoms with van der Waals surface area (Å²) in [5.74, 6) is 0.707. The fourth-order valence-corrected chi connectivity index (χ4v) is 7.12.